The van der Waals surface area contributed by atoms with E-state index in [1.54, 1.807) is 23.9 Å². The van der Waals surface area contributed by atoms with Gasteiger partial charge in [0.2, 0.25) is 5.95 Å². The number of hydrogen-bond donors (Lipinski definition) is 2. The van der Waals surface area contributed by atoms with Gasteiger partial charge >= 0.3 is 0 Å². The SMILES string of the molecule is C=CCn1nnnc1NCc1cccc(OC)c1OCC(=O)Nc1ccc(C)cc1. The van der Waals surface area contributed by atoms with Crippen molar-refractivity contribution in [2.45, 2.75) is 20.0 Å². The lowest BCUT2D eigenvalue weighted by atomic mass is 10.2. The number of carbonyl (C=O) groups is 1. The zero-order valence-electron chi connectivity index (χ0n) is 17.0. The lowest BCUT2D eigenvalue weighted by molar-refractivity contribution is -0.118. The Balaban J connectivity index is 1.67. The number of para-hydroxylation sites is 1. The fourth-order valence-electron chi connectivity index (χ4n) is 2.75. The van der Waals surface area contributed by atoms with Crippen molar-refractivity contribution in [3.8, 4) is 11.5 Å². The number of aromatic nitrogens is 4. The standard InChI is InChI=1S/C21H24N6O3/c1-4-12-27-21(24-25-26-27)22-13-16-6-5-7-18(29-3)20(16)30-14-19(28)23-17-10-8-15(2)9-11-17/h4-11H,1,12-14H2,2-3H3,(H,23,28)(H,22,24,26). The van der Waals surface area contributed by atoms with Crippen molar-refractivity contribution in [1.82, 2.24) is 20.2 Å². The summed E-state index contributed by atoms with van der Waals surface area (Å²) in [5.41, 5.74) is 2.63. The second-order valence-corrected chi connectivity index (χ2v) is 6.48. The number of allylic oxidation sites excluding steroid dienone is 1. The van der Waals surface area contributed by atoms with Crippen LogP contribution in [0.25, 0.3) is 0 Å². The van der Waals surface area contributed by atoms with E-state index in [9.17, 15) is 4.79 Å². The molecular formula is C21H24N6O3. The monoisotopic (exact) mass is 408 g/mol. The third kappa shape index (κ3) is 5.34. The number of ether oxygens (including phenoxy) is 2. The maximum atomic E-state index is 12.3. The molecule has 30 heavy (non-hydrogen) atoms. The van der Waals surface area contributed by atoms with Gasteiger partial charge in [-0.3, -0.25) is 4.79 Å². The Hall–Kier alpha value is -3.88. The largest absolute Gasteiger partial charge is 0.493 e. The van der Waals surface area contributed by atoms with Crippen LogP contribution in [0.1, 0.15) is 11.1 Å². The van der Waals surface area contributed by atoms with Gasteiger partial charge in [-0.25, -0.2) is 4.68 Å². The number of hydrogen-bond acceptors (Lipinski definition) is 7. The van der Waals surface area contributed by atoms with Crippen LogP contribution >= 0.6 is 0 Å². The summed E-state index contributed by atoms with van der Waals surface area (Å²) in [4.78, 5) is 12.3. The highest BCUT2D eigenvalue weighted by atomic mass is 16.5. The third-order valence-corrected chi connectivity index (χ3v) is 4.23. The van der Waals surface area contributed by atoms with E-state index in [0.717, 1.165) is 11.1 Å². The Kier molecular flexibility index (Phi) is 6.99. The average Bonchev–Trinajstić information content (AvgIpc) is 3.20. The Morgan fingerprint density at radius 2 is 2.03 bits per heavy atom. The van der Waals surface area contributed by atoms with Crippen molar-refractivity contribution in [3.05, 3.63) is 66.2 Å². The number of tetrazole rings is 1. The van der Waals surface area contributed by atoms with E-state index < -0.39 is 0 Å². The van der Waals surface area contributed by atoms with Gasteiger partial charge in [-0.1, -0.05) is 41.0 Å². The van der Waals surface area contributed by atoms with Crippen LogP contribution in [0.5, 0.6) is 11.5 Å². The summed E-state index contributed by atoms with van der Waals surface area (Å²) >= 11 is 0. The van der Waals surface area contributed by atoms with Crippen molar-refractivity contribution >= 4 is 17.5 Å². The highest BCUT2D eigenvalue weighted by Crippen LogP contribution is 2.31. The van der Waals surface area contributed by atoms with Gasteiger partial charge in [0.1, 0.15) is 0 Å². The number of carbonyl (C=O) groups excluding carboxylic acids is 1. The first-order chi connectivity index (χ1) is 14.6. The number of benzene rings is 2. The number of nitrogens with one attached hydrogen (secondary N) is 2. The number of anilines is 2. The molecule has 0 saturated heterocycles. The van der Waals surface area contributed by atoms with Crippen LogP contribution in [0, 0.1) is 6.92 Å². The van der Waals surface area contributed by atoms with Crippen molar-refractivity contribution in [1.29, 1.82) is 0 Å². The normalized spacial score (nSPS) is 10.3. The highest BCUT2D eigenvalue weighted by molar-refractivity contribution is 5.91. The summed E-state index contributed by atoms with van der Waals surface area (Å²) in [6.45, 7) is 6.38. The molecule has 3 rings (SSSR count). The molecule has 0 radical (unpaired) electrons. The quantitative estimate of drug-likeness (QED) is 0.497. The van der Waals surface area contributed by atoms with Gasteiger partial charge in [-0.2, -0.15) is 0 Å². The Morgan fingerprint density at radius 1 is 1.23 bits per heavy atom. The Morgan fingerprint density at radius 3 is 2.77 bits per heavy atom. The van der Waals surface area contributed by atoms with Crippen LogP contribution in [0.4, 0.5) is 11.6 Å². The molecule has 1 heterocycles. The maximum Gasteiger partial charge on any atom is 0.262 e. The minimum absolute atomic E-state index is 0.157. The van der Waals surface area contributed by atoms with E-state index in [0.29, 0.717) is 36.2 Å². The van der Waals surface area contributed by atoms with E-state index >= 15 is 0 Å². The van der Waals surface area contributed by atoms with E-state index in [1.165, 1.54) is 0 Å². The molecule has 156 valence electrons. The molecule has 0 saturated carbocycles. The summed E-state index contributed by atoms with van der Waals surface area (Å²) in [6.07, 6.45) is 1.70. The Bertz CT molecular complexity index is 1000. The summed E-state index contributed by atoms with van der Waals surface area (Å²) in [5.74, 6) is 1.25. The minimum Gasteiger partial charge on any atom is -0.493 e. The predicted octanol–water partition coefficient (Wildman–Crippen LogP) is 2.81. The second kappa shape index (κ2) is 10.1. The molecule has 1 amide bonds. The number of aryl methyl sites for hydroxylation is 1. The molecule has 1 aromatic heterocycles. The van der Waals surface area contributed by atoms with Crippen molar-refractivity contribution in [3.63, 3.8) is 0 Å². The van der Waals surface area contributed by atoms with Crippen molar-refractivity contribution in [2.75, 3.05) is 24.4 Å². The van der Waals surface area contributed by atoms with Crippen LogP contribution < -0.4 is 20.1 Å². The summed E-state index contributed by atoms with van der Waals surface area (Å²) in [7, 11) is 1.55. The van der Waals surface area contributed by atoms with Gasteiger partial charge in [-0.15, -0.1) is 6.58 Å². The molecular weight excluding hydrogens is 384 g/mol. The molecule has 0 aliphatic carbocycles. The zero-order chi connectivity index (χ0) is 21.3. The molecule has 2 N–H and O–H groups in total. The van der Waals surface area contributed by atoms with Crippen molar-refractivity contribution < 1.29 is 14.3 Å². The predicted molar refractivity (Wildman–Crippen MR) is 114 cm³/mol. The summed E-state index contributed by atoms with van der Waals surface area (Å²) in [5, 5.41) is 17.5. The molecule has 3 aromatic rings. The first kappa shape index (κ1) is 20.8. The maximum absolute atomic E-state index is 12.3. The van der Waals surface area contributed by atoms with Gasteiger partial charge in [0.05, 0.1) is 13.7 Å². The van der Waals surface area contributed by atoms with Gasteiger partial charge in [0.15, 0.2) is 18.1 Å². The smallest absolute Gasteiger partial charge is 0.262 e. The number of nitrogens with zero attached hydrogens (tertiary/aromatic N) is 4. The topological polar surface area (TPSA) is 103 Å². The summed E-state index contributed by atoms with van der Waals surface area (Å²) in [6, 6.07) is 13.1. The van der Waals surface area contributed by atoms with Gasteiger partial charge in [0, 0.05) is 17.8 Å². The van der Waals surface area contributed by atoms with Gasteiger partial charge < -0.3 is 20.1 Å². The second-order valence-electron chi connectivity index (χ2n) is 6.48. The molecule has 0 aliphatic heterocycles. The lowest BCUT2D eigenvalue weighted by Gasteiger charge is -2.15. The van der Waals surface area contributed by atoms with Gasteiger partial charge in [0.25, 0.3) is 5.91 Å². The zero-order valence-corrected chi connectivity index (χ0v) is 17.0. The van der Waals surface area contributed by atoms with E-state index in [4.69, 9.17) is 9.47 Å². The van der Waals surface area contributed by atoms with E-state index in [1.807, 2.05) is 43.3 Å². The molecule has 0 unspecified atom stereocenters. The van der Waals surface area contributed by atoms with Crippen LogP contribution in [0.3, 0.4) is 0 Å². The van der Waals surface area contributed by atoms with Crippen molar-refractivity contribution in [2.24, 2.45) is 0 Å². The molecule has 2 aromatic carbocycles. The molecule has 0 fully saturated rings. The Labute approximate surface area is 174 Å². The minimum atomic E-state index is -0.265. The number of rotatable bonds is 10. The fourth-order valence-corrected chi connectivity index (χ4v) is 2.75. The van der Waals surface area contributed by atoms with Crippen LogP contribution in [-0.2, 0) is 17.9 Å². The van der Waals surface area contributed by atoms with Crippen LogP contribution in [0.15, 0.2) is 55.1 Å². The van der Waals surface area contributed by atoms with E-state index in [2.05, 4.69) is 32.7 Å². The number of amides is 1. The first-order valence-corrected chi connectivity index (χ1v) is 9.37. The van der Waals surface area contributed by atoms with Gasteiger partial charge in [-0.05, 0) is 35.5 Å². The third-order valence-electron chi connectivity index (χ3n) is 4.23. The van der Waals surface area contributed by atoms with Crippen LogP contribution in [0.2, 0.25) is 0 Å². The molecule has 9 heteroatoms. The molecule has 0 bridgehead atoms. The van der Waals surface area contributed by atoms with Crippen LogP contribution in [-0.4, -0.2) is 39.8 Å². The molecule has 0 atom stereocenters. The molecule has 0 spiro atoms. The summed E-state index contributed by atoms with van der Waals surface area (Å²) < 4.78 is 12.8. The molecule has 9 nitrogen and oxygen atoms in total. The highest BCUT2D eigenvalue weighted by Gasteiger charge is 2.14. The first-order valence-electron chi connectivity index (χ1n) is 9.37. The lowest BCUT2D eigenvalue weighted by Crippen LogP contribution is -2.21. The number of methoxy groups -OCH3 is 1. The fraction of sp³-hybridized carbons (Fsp3) is 0.238. The molecule has 0 aliphatic rings. The van der Waals surface area contributed by atoms with E-state index in [-0.39, 0.29) is 12.5 Å². The average molecular weight is 408 g/mol.